The van der Waals surface area contributed by atoms with Gasteiger partial charge in [0.1, 0.15) is 5.69 Å². The van der Waals surface area contributed by atoms with Gasteiger partial charge < -0.3 is 15.6 Å². The van der Waals surface area contributed by atoms with E-state index >= 15 is 0 Å². The summed E-state index contributed by atoms with van der Waals surface area (Å²) in [6.07, 6.45) is 8.09. The number of fused-ring (bicyclic) bond motifs is 3. The Hall–Kier alpha value is -3.44. The minimum absolute atomic E-state index is 0.262. The predicted molar refractivity (Wildman–Crippen MR) is 118 cm³/mol. The lowest BCUT2D eigenvalue weighted by atomic mass is 10.1. The molecule has 0 radical (unpaired) electrons. The Morgan fingerprint density at radius 1 is 1.26 bits per heavy atom. The second-order valence-electron chi connectivity index (χ2n) is 8.42. The molecule has 0 aliphatic carbocycles. The number of benzene rings is 1. The van der Waals surface area contributed by atoms with Crippen LogP contribution in [0.3, 0.4) is 0 Å². The van der Waals surface area contributed by atoms with E-state index in [1.54, 1.807) is 12.3 Å². The van der Waals surface area contributed by atoms with E-state index in [1.807, 2.05) is 18.2 Å². The molecule has 3 N–H and O–H groups in total. The minimum Gasteiger partial charge on any atom is -0.364 e. The van der Waals surface area contributed by atoms with Crippen LogP contribution < -0.4 is 10.6 Å². The highest BCUT2D eigenvalue weighted by molar-refractivity contribution is 5.90. The largest absolute Gasteiger partial charge is 0.364 e. The number of hydrogen-bond acceptors (Lipinski definition) is 6. The van der Waals surface area contributed by atoms with Crippen molar-refractivity contribution in [1.29, 1.82) is 5.26 Å². The zero-order chi connectivity index (χ0) is 21.4. The summed E-state index contributed by atoms with van der Waals surface area (Å²) >= 11 is 0. The number of nitrogens with one attached hydrogen (secondary N) is 1. The molecule has 31 heavy (non-hydrogen) atoms. The molecule has 2 aliphatic heterocycles. The molecule has 8 nitrogen and oxygen atoms in total. The third kappa shape index (κ3) is 3.73. The van der Waals surface area contributed by atoms with Gasteiger partial charge >= 0.3 is 0 Å². The van der Waals surface area contributed by atoms with Gasteiger partial charge in [-0.25, -0.2) is 9.97 Å². The number of amides is 1. The first-order chi connectivity index (χ1) is 15.1. The van der Waals surface area contributed by atoms with E-state index in [0.717, 1.165) is 43.4 Å². The van der Waals surface area contributed by atoms with Gasteiger partial charge in [0.2, 0.25) is 5.95 Å². The molecule has 2 aromatic heterocycles. The van der Waals surface area contributed by atoms with Crippen LogP contribution in [0.4, 0.5) is 5.95 Å². The van der Waals surface area contributed by atoms with E-state index in [-0.39, 0.29) is 5.69 Å². The predicted octanol–water partition coefficient (Wildman–Crippen LogP) is 2.21. The first kappa shape index (κ1) is 19.5. The molecular weight excluding hydrogens is 390 g/mol. The van der Waals surface area contributed by atoms with Gasteiger partial charge in [0.15, 0.2) is 0 Å². The summed E-state index contributed by atoms with van der Waals surface area (Å²) in [6.45, 7) is 2.80. The van der Waals surface area contributed by atoms with Crippen molar-refractivity contribution in [3.8, 4) is 6.07 Å². The zero-order valence-electron chi connectivity index (χ0n) is 17.3. The van der Waals surface area contributed by atoms with Crippen molar-refractivity contribution in [1.82, 2.24) is 19.9 Å². The van der Waals surface area contributed by atoms with Gasteiger partial charge in [-0.15, -0.1) is 0 Å². The van der Waals surface area contributed by atoms with Gasteiger partial charge in [-0.3, -0.25) is 9.69 Å². The summed E-state index contributed by atoms with van der Waals surface area (Å²) in [5.74, 6) is 0.0735. The summed E-state index contributed by atoms with van der Waals surface area (Å²) in [4.78, 5) is 28.3. The van der Waals surface area contributed by atoms with Crippen LogP contribution in [0, 0.1) is 11.3 Å². The van der Waals surface area contributed by atoms with Gasteiger partial charge in [-0.2, -0.15) is 5.26 Å². The van der Waals surface area contributed by atoms with E-state index < -0.39 is 5.91 Å². The maximum atomic E-state index is 11.4. The second-order valence-corrected chi connectivity index (χ2v) is 8.42. The number of H-pyrrole nitrogens is 1. The summed E-state index contributed by atoms with van der Waals surface area (Å²) in [6, 6.07) is 10.5. The molecule has 2 fully saturated rings. The highest BCUT2D eigenvalue weighted by Gasteiger charge is 2.40. The minimum atomic E-state index is -0.524. The van der Waals surface area contributed by atoms with Gasteiger partial charge in [0.05, 0.1) is 11.6 Å². The quantitative estimate of drug-likeness (QED) is 0.638. The Labute approximate surface area is 180 Å². The number of carbonyl (C=O) groups is 1. The van der Waals surface area contributed by atoms with Crippen molar-refractivity contribution in [2.24, 2.45) is 5.73 Å². The van der Waals surface area contributed by atoms with E-state index in [0.29, 0.717) is 23.6 Å². The second kappa shape index (κ2) is 8.00. The number of aromatic amines is 1. The molecule has 2 atom stereocenters. The number of nitrogens with two attached hydrogens (primary N) is 1. The first-order valence-electron chi connectivity index (χ1n) is 10.8. The van der Waals surface area contributed by atoms with E-state index in [9.17, 15) is 10.1 Å². The third-order valence-electron chi connectivity index (χ3n) is 6.57. The number of primary amides is 1. The lowest BCUT2D eigenvalue weighted by Crippen LogP contribution is -2.54. The molecule has 1 amide bonds. The summed E-state index contributed by atoms with van der Waals surface area (Å²) in [7, 11) is 0. The normalized spacial score (nSPS) is 20.8. The molecular formula is C23H25N7O. The summed E-state index contributed by atoms with van der Waals surface area (Å²) in [5, 5.41) is 10.3. The van der Waals surface area contributed by atoms with Crippen LogP contribution in [-0.2, 0) is 6.42 Å². The molecule has 158 valence electrons. The average molecular weight is 416 g/mol. The standard InChI is InChI=1S/C23H25N7O/c24-11-15-3-6-20-19(10-15)16(12-27-20)2-1-9-30-17-4-5-18(30)14-29(13-17)23-26-8-7-21(28-23)22(25)31/h3,6-8,10,12,17-18,27H,1-2,4-5,9,13-14H2,(H2,25,31). The van der Waals surface area contributed by atoms with Crippen LogP contribution >= 0.6 is 0 Å². The van der Waals surface area contributed by atoms with Crippen molar-refractivity contribution in [2.45, 2.75) is 37.8 Å². The number of aryl methyl sites for hydroxylation is 1. The Kier molecular flexibility index (Phi) is 5.04. The molecule has 0 spiro atoms. The summed E-state index contributed by atoms with van der Waals surface area (Å²) < 4.78 is 0. The Bertz CT molecular complexity index is 1150. The Morgan fingerprint density at radius 3 is 2.81 bits per heavy atom. The molecule has 2 saturated heterocycles. The third-order valence-corrected chi connectivity index (χ3v) is 6.57. The van der Waals surface area contributed by atoms with Gasteiger partial charge in [0, 0.05) is 48.5 Å². The highest BCUT2D eigenvalue weighted by atomic mass is 16.1. The lowest BCUT2D eigenvalue weighted by Gasteiger charge is -2.41. The number of nitrogens with zero attached hydrogens (tertiary/aromatic N) is 5. The Morgan fingerprint density at radius 2 is 2.06 bits per heavy atom. The van der Waals surface area contributed by atoms with Crippen molar-refractivity contribution in [3.05, 3.63) is 53.5 Å². The van der Waals surface area contributed by atoms with Gasteiger partial charge in [0.25, 0.3) is 5.91 Å². The molecule has 0 saturated carbocycles. The number of aromatic nitrogens is 3. The number of carbonyl (C=O) groups excluding carboxylic acids is 1. The molecule has 2 bridgehead atoms. The van der Waals surface area contributed by atoms with E-state index in [4.69, 9.17) is 5.73 Å². The number of anilines is 1. The van der Waals surface area contributed by atoms with Crippen LogP contribution in [0.5, 0.6) is 0 Å². The number of hydrogen-bond donors (Lipinski definition) is 2. The fraction of sp³-hybridized carbons (Fsp3) is 0.391. The molecule has 5 rings (SSSR count). The molecule has 4 heterocycles. The molecule has 2 unspecified atom stereocenters. The van der Waals surface area contributed by atoms with E-state index in [1.165, 1.54) is 18.4 Å². The lowest BCUT2D eigenvalue weighted by molar-refractivity contribution is 0.0995. The monoisotopic (exact) mass is 415 g/mol. The highest BCUT2D eigenvalue weighted by Crippen LogP contribution is 2.32. The number of nitriles is 1. The van der Waals surface area contributed by atoms with Gasteiger partial charge in [-0.05, 0) is 62.1 Å². The molecule has 3 aromatic rings. The Balaban J connectivity index is 1.22. The van der Waals surface area contributed by atoms with Crippen LogP contribution in [0.15, 0.2) is 36.7 Å². The van der Waals surface area contributed by atoms with Crippen molar-refractivity contribution in [3.63, 3.8) is 0 Å². The summed E-state index contributed by atoms with van der Waals surface area (Å²) in [5.41, 5.74) is 8.69. The van der Waals surface area contributed by atoms with Crippen LogP contribution in [0.2, 0.25) is 0 Å². The van der Waals surface area contributed by atoms with Crippen LogP contribution in [-0.4, -0.2) is 57.5 Å². The number of rotatable bonds is 6. The van der Waals surface area contributed by atoms with Crippen LogP contribution in [0.25, 0.3) is 10.9 Å². The van der Waals surface area contributed by atoms with Crippen molar-refractivity contribution < 1.29 is 4.79 Å². The van der Waals surface area contributed by atoms with Crippen molar-refractivity contribution in [2.75, 3.05) is 24.5 Å². The van der Waals surface area contributed by atoms with Crippen molar-refractivity contribution >= 4 is 22.8 Å². The average Bonchev–Trinajstić information content (AvgIpc) is 3.29. The SMILES string of the molecule is N#Cc1ccc2[nH]cc(CCCN3C4CCC3CN(c3nccc(C(N)=O)n3)C4)c2c1. The maximum Gasteiger partial charge on any atom is 0.267 e. The molecule has 8 heteroatoms. The molecule has 2 aliphatic rings. The first-order valence-corrected chi connectivity index (χ1v) is 10.8. The fourth-order valence-electron chi connectivity index (χ4n) is 5.06. The number of piperazine rings is 1. The smallest absolute Gasteiger partial charge is 0.267 e. The van der Waals surface area contributed by atoms with Crippen LogP contribution in [0.1, 0.15) is 40.9 Å². The topological polar surface area (TPSA) is 115 Å². The molecule has 1 aromatic carbocycles. The fourth-order valence-corrected chi connectivity index (χ4v) is 5.06. The van der Waals surface area contributed by atoms with Gasteiger partial charge in [-0.1, -0.05) is 0 Å². The van der Waals surface area contributed by atoms with E-state index in [2.05, 4.69) is 37.0 Å². The zero-order valence-corrected chi connectivity index (χ0v) is 17.3. The maximum absolute atomic E-state index is 11.4.